The molecule has 20 heavy (non-hydrogen) atoms. The van der Waals surface area contributed by atoms with Crippen LogP contribution < -0.4 is 5.32 Å². The van der Waals surface area contributed by atoms with Gasteiger partial charge in [0.1, 0.15) is 11.3 Å². The first-order chi connectivity index (χ1) is 9.07. The number of esters is 1. The van der Waals surface area contributed by atoms with Crippen LogP contribution in [0.5, 0.6) is 0 Å². The first-order valence-electron chi connectivity index (χ1n) is 5.68. The highest BCUT2D eigenvalue weighted by Crippen LogP contribution is 2.18. The SMILES string of the molecule is COC(=O)Cn1cc(NC(=O)C(C)(C)S(C)(=O)=O)cn1. The average Bonchev–Trinajstić information content (AvgIpc) is 2.74. The van der Waals surface area contributed by atoms with E-state index in [1.807, 2.05) is 0 Å². The summed E-state index contributed by atoms with van der Waals surface area (Å²) >= 11 is 0. The molecule has 0 spiro atoms. The van der Waals surface area contributed by atoms with Crippen molar-refractivity contribution in [2.75, 3.05) is 18.7 Å². The monoisotopic (exact) mass is 303 g/mol. The van der Waals surface area contributed by atoms with Gasteiger partial charge < -0.3 is 10.1 Å². The summed E-state index contributed by atoms with van der Waals surface area (Å²) < 4.78 is 27.3. The Morgan fingerprint density at radius 3 is 2.55 bits per heavy atom. The normalized spacial score (nSPS) is 12.0. The Morgan fingerprint density at radius 1 is 1.45 bits per heavy atom. The Labute approximate surface area is 117 Å². The van der Waals surface area contributed by atoms with Gasteiger partial charge in [-0.3, -0.25) is 14.3 Å². The maximum absolute atomic E-state index is 11.9. The minimum absolute atomic E-state index is 0.0954. The van der Waals surface area contributed by atoms with E-state index in [4.69, 9.17) is 0 Å². The van der Waals surface area contributed by atoms with Gasteiger partial charge in [-0.05, 0) is 13.8 Å². The van der Waals surface area contributed by atoms with Crippen LogP contribution in [0.2, 0.25) is 0 Å². The number of anilines is 1. The van der Waals surface area contributed by atoms with E-state index in [0.29, 0.717) is 5.69 Å². The van der Waals surface area contributed by atoms with Gasteiger partial charge >= 0.3 is 5.97 Å². The van der Waals surface area contributed by atoms with E-state index in [9.17, 15) is 18.0 Å². The van der Waals surface area contributed by atoms with Crippen molar-refractivity contribution >= 4 is 27.4 Å². The molecule has 0 saturated heterocycles. The largest absolute Gasteiger partial charge is 0.468 e. The van der Waals surface area contributed by atoms with Gasteiger partial charge in [0.15, 0.2) is 9.84 Å². The first kappa shape index (κ1) is 16.2. The summed E-state index contributed by atoms with van der Waals surface area (Å²) in [7, 11) is -2.30. The molecule has 1 aromatic rings. The van der Waals surface area contributed by atoms with Crippen molar-refractivity contribution in [2.24, 2.45) is 0 Å². The van der Waals surface area contributed by atoms with Crippen LogP contribution in [0, 0.1) is 0 Å². The fourth-order valence-corrected chi connectivity index (χ4v) is 1.55. The number of hydrogen-bond donors (Lipinski definition) is 1. The number of amides is 1. The van der Waals surface area contributed by atoms with Gasteiger partial charge in [-0.2, -0.15) is 5.10 Å². The molecule has 1 N–H and O–H groups in total. The van der Waals surface area contributed by atoms with Gasteiger partial charge in [0.2, 0.25) is 5.91 Å². The third kappa shape index (κ3) is 3.56. The maximum Gasteiger partial charge on any atom is 0.327 e. The summed E-state index contributed by atoms with van der Waals surface area (Å²) in [5.74, 6) is -1.15. The Kier molecular flexibility index (Phi) is 4.53. The molecule has 1 aromatic heterocycles. The van der Waals surface area contributed by atoms with E-state index in [2.05, 4.69) is 15.2 Å². The molecule has 0 saturated carbocycles. The molecule has 0 fully saturated rings. The molecule has 0 bridgehead atoms. The molecule has 1 rings (SSSR count). The van der Waals surface area contributed by atoms with Crippen molar-refractivity contribution in [2.45, 2.75) is 25.1 Å². The molecule has 0 aliphatic rings. The van der Waals surface area contributed by atoms with Crippen molar-refractivity contribution in [3.63, 3.8) is 0 Å². The first-order valence-corrected chi connectivity index (χ1v) is 7.57. The van der Waals surface area contributed by atoms with E-state index < -0.39 is 26.5 Å². The number of methoxy groups -OCH3 is 1. The van der Waals surface area contributed by atoms with E-state index in [0.717, 1.165) is 6.26 Å². The summed E-state index contributed by atoms with van der Waals surface area (Å²) in [6, 6.07) is 0. The Morgan fingerprint density at radius 2 is 2.05 bits per heavy atom. The lowest BCUT2D eigenvalue weighted by atomic mass is 10.2. The van der Waals surface area contributed by atoms with Crippen LogP contribution in [0.15, 0.2) is 12.4 Å². The number of rotatable bonds is 5. The van der Waals surface area contributed by atoms with Crippen molar-refractivity contribution in [3.8, 4) is 0 Å². The van der Waals surface area contributed by atoms with Gasteiger partial charge in [-0.15, -0.1) is 0 Å². The van der Waals surface area contributed by atoms with Crippen LogP contribution in [-0.2, 0) is 30.7 Å². The van der Waals surface area contributed by atoms with Crippen molar-refractivity contribution < 1.29 is 22.7 Å². The number of hydrogen-bond acceptors (Lipinski definition) is 6. The zero-order valence-electron chi connectivity index (χ0n) is 11.7. The number of ether oxygens (including phenoxy) is 1. The molecule has 0 radical (unpaired) electrons. The standard InChI is InChI=1S/C11H17N3O5S/c1-11(2,20(4,17)18)10(16)13-8-5-12-14(6-8)7-9(15)19-3/h5-6H,7H2,1-4H3,(H,13,16). The second kappa shape index (κ2) is 5.61. The quantitative estimate of drug-likeness (QED) is 0.756. The van der Waals surface area contributed by atoms with Crippen LogP contribution in [0.4, 0.5) is 5.69 Å². The van der Waals surface area contributed by atoms with E-state index >= 15 is 0 Å². The van der Waals surface area contributed by atoms with E-state index in [1.165, 1.54) is 38.0 Å². The van der Waals surface area contributed by atoms with Crippen LogP contribution >= 0.6 is 0 Å². The molecule has 0 atom stereocenters. The second-order valence-electron chi connectivity index (χ2n) is 4.74. The highest BCUT2D eigenvalue weighted by atomic mass is 32.2. The number of nitrogens with one attached hydrogen (secondary N) is 1. The molecule has 1 heterocycles. The predicted molar refractivity (Wildman–Crippen MR) is 71.8 cm³/mol. The highest BCUT2D eigenvalue weighted by molar-refractivity contribution is 7.92. The molecule has 1 amide bonds. The molecule has 9 heteroatoms. The van der Waals surface area contributed by atoms with Gasteiger partial charge in [-0.1, -0.05) is 0 Å². The number of sulfone groups is 1. The lowest BCUT2D eigenvalue weighted by Crippen LogP contribution is -2.43. The van der Waals surface area contributed by atoms with Crippen molar-refractivity contribution in [3.05, 3.63) is 12.4 Å². The highest BCUT2D eigenvalue weighted by Gasteiger charge is 2.38. The van der Waals surface area contributed by atoms with Crippen molar-refractivity contribution in [1.82, 2.24) is 9.78 Å². The van der Waals surface area contributed by atoms with E-state index in [1.54, 1.807) is 0 Å². The van der Waals surface area contributed by atoms with Gasteiger partial charge in [0, 0.05) is 12.5 Å². The molecule has 112 valence electrons. The van der Waals surface area contributed by atoms with Crippen molar-refractivity contribution in [1.29, 1.82) is 0 Å². The summed E-state index contributed by atoms with van der Waals surface area (Å²) in [4.78, 5) is 23.0. The summed E-state index contributed by atoms with van der Waals surface area (Å²) in [6.07, 6.45) is 3.72. The average molecular weight is 303 g/mol. The smallest absolute Gasteiger partial charge is 0.327 e. The summed E-state index contributed by atoms with van der Waals surface area (Å²) in [5.41, 5.74) is 0.302. The molecule has 0 aliphatic heterocycles. The molecule has 0 aromatic carbocycles. The fourth-order valence-electron chi connectivity index (χ4n) is 1.16. The topological polar surface area (TPSA) is 107 Å². The number of carbonyl (C=O) groups excluding carboxylic acids is 2. The number of nitrogens with zero attached hydrogens (tertiary/aromatic N) is 2. The minimum Gasteiger partial charge on any atom is -0.468 e. The van der Waals surface area contributed by atoms with Gasteiger partial charge in [-0.25, -0.2) is 8.42 Å². The Balaban J connectivity index is 2.80. The maximum atomic E-state index is 11.9. The molecular weight excluding hydrogens is 286 g/mol. The number of aromatic nitrogens is 2. The Hall–Kier alpha value is -1.90. The van der Waals surface area contributed by atoms with Gasteiger partial charge in [0.25, 0.3) is 0 Å². The summed E-state index contributed by atoms with van der Waals surface area (Å²) in [5, 5.41) is 6.30. The zero-order chi connectivity index (χ0) is 15.6. The van der Waals surface area contributed by atoms with E-state index in [-0.39, 0.29) is 6.54 Å². The van der Waals surface area contributed by atoms with Crippen LogP contribution in [0.25, 0.3) is 0 Å². The Bertz CT molecular complexity index is 618. The predicted octanol–water partition coefficient (Wildman–Crippen LogP) is -0.182. The minimum atomic E-state index is -3.55. The molecule has 0 aliphatic carbocycles. The number of carbonyl (C=O) groups is 2. The van der Waals surface area contributed by atoms with Crippen LogP contribution in [0.1, 0.15) is 13.8 Å². The lowest BCUT2D eigenvalue weighted by Gasteiger charge is -2.20. The van der Waals surface area contributed by atoms with Crippen LogP contribution in [0.3, 0.4) is 0 Å². The third-order valence-corrected chi connectivity index (χ3v) is 4.92. The summed E-state index contributed by atoms with van der Waals surface area (Å²) in [6.45, 7) is 2.54. The second-order valence-corrected chi connectivity index (χ2v) is 7.30. The molecule has 0 unspecified atom stereocenters. The molecular formula is C11H17N3O5S. The fraction of sp³-hybridized carbons (Fsp3) is 0.545. The lowest BCUT2D eigenvalue weighted by molar-refractivity contribution is -0.141. The van der Waals surface area contributed by atoms with Gasteiger partial charge in [0.05, 0.1) is 19.0 Å². The third-order valence-electron chi connectivity index (χ3n) is 2.88. The molecule has 8 nitrogen and oxygen atoms in total. The van der Waals surface area contributed by atoms with Crippen LogP contribution in [-0.4, -0.2) is 48.2 Å². The zero-order valence-corrected chi connectivity index (χ0v) is 12.5.